The van der Waals surface area contributed by atoms with Crippen molar-refractivity contribution in [3.63, 3.8) is 0 Å². The number of imidazole rings is 1. The van der Waals surface area contributed by atoms with Crippen LogP contribution in [0, 0.1) is 5.92 Å². The zero-order chi connectivity index (χ0) is 31.4. The first kappa shape index (κ1) is 32.9. The molecule has 45 heavy (non-hydrogen) atoms. The maximum atomic E-state index is 12.9. The highest BCUT2D eigenvalue weighted by molar-refractivity contribution is 5.69. The number of aromatic nitrogens is 2. The maximum Gasteiger partial charge on any atom is 0.387 e. The van der Waals surface area contributed by atoms with Crippen LogP contribution >= 0.6 is 0 Å². The summed E-state index contributed by atoms with van der Waals surface area (Å²) in [7, 11) is 0. The summed E-state index contributed by atoms with van der Waals surface area (Å²) >= 11 is 0. The minimum absolute atomic E-state index is 0.154. The predicted molar refractivity (Wildman–Crippen MR) is 180 cm³/mol. The van der Waals surface area contributed by atoms with E-state index in [1.165, 1.54) is 37.8 Å². The zero-order valence-corrected chi connectivity index (χ0v) is 27.0. The summed E-state index contributed by atoms with van der Waals surface area (Å²) in [6, 6.07) is 28.7. The Kier molecular flexibility index (Phi) is 12.2. The van der Waals surface area contributed by atoms with E-state index in [-0.39, 0.29) is 11.8 Å². The molecule has 1 saturated carbocycles. The van der Waals surface area contributed by atoms with E-state index in [4.69, 9.17) is 4.98 Å². The lowest BCUT2D eigenvalue weighted by molar-refractivity contribution is -0.0498. The molecule has 0 unspecified atom stereocenters. The molecule has 1 aliphatic carbocycles. The third kappa shape index (κ3) is 8.82. The molecule has 1 aromatic heterocycles. The summed E-state index contributed by atoms with van der Waals surface area (Å²) in [4.78, 5) is 8.15. The summed E-state index contributed by atoms with van der Waals surface area (Å²) in [6.45, 7) is 4.37. The van der Waals surface area contributed by atoms with E-state index in [1.807, 2.05) is 12.1 Å². The normalized spacial score (nSPS) is 14.7. The van der Waals surface area contributed by atoms with Crippen LogP contribution in [-0.2, 0) is 13.1 Å². The molecule has 1 atom stereocenters. The second-order valence-corrected chi connectivity index (χ2v) is 12.5. The quantitative estimate of drug-likeness (QED) is 0.126. The first-order valence-electron chi connectivity index (χ1n) is 17.1. The molecule has 4 nitrogen and oxygen atoms in total. The van der Waals surface area contributed by atoms with E-state index in [1.54, 1.807) is 12.1 Å². The van der Waals surface area contributed by atoms with Crippen LogP contribution in [0.15, 0.2) is 84.9 Å². The summed E-state index contributed by atoms with van der Waals surface area (Å²) in [5.41, 5.74) is 5.77. The lowest BCUT2D eigenvalue weighted by atomic mass is 9.88. The van der Waals surface area contributed by atoms with Gasteiger partial charge in [-0.25, -0.2) is 4.98 Å². The molecule has 4 aromatic rings. The van der Waals surface area contributed by atoms with Crippen LogP contribution in [0.4, 0.5) is 8.78 Å². The fraction of sp³-hybridized carbons (Fsp3) is 0.462. The van der Waals surface area contributed by atoms with E-state index in [0.29, 0.717) is 5.92 Å². The topological polar surface area (TPSA) is 30.3 Å². The van der Waals surface area contributed by atoms with Gasteiger partial charge in [-0.05, 0) is 49.3 Å². The van der Waals surface area contributed by atoms with Crippen molar-refractivity contribution in [1.82, 2.24) is 14.5 Å². The first-order valence-corrected chi connectivity index (χ1v) is 17.1. The fourth-order valence-corrected chi connectivity index (χ4v) is 6.87. The van der Waals surface area contributed by atoms with Gasteiger partial charge in [-0.1, -0.05) is 125 Å². The third-order valence-corrected chi connectivity index (χ3v) is 9.16. The maximum absolute atomic E-state index is 12.9. The van der Waals surface area contributed by atoms with Crippen LogP contribution in [-0.4, -0.2) is 27.6 Å². The number of benzene rings is 3. The monoisotopic (exact) mass is 613 g/mol. The highest BCUT2D eigenvalue weighted by atomic mass is 19.3. The summed E-state index contributed by atoms with van der Waals surface area (Å²) < 4.78 is 33.0. The van der Waals surface area contributed by atoms with Crippen LogP contribution < -0.4 is 4.74 Å². The Hall–Kier alpha value is -3.51. The molecule has 0 N–H and O–H groups in total. The number of ether oxygens (including phenoxy) is 1. The Bertz CT molecular complexity index is 1420. The average Bonchev–Trinajstić information content (AvgIpc) is 3.45. The highest BCUT2D eigenvalue weighted by Gasteiger charge is 2.32. The molecule has 1 heterocycles. The van der Waals surface area contributed by atoms with Crippen LogP contribution in [0.2, 0.25) is 0 Å². The Morgan fingerprint density at radius 3 is 2.09 bits per heavy atom. The number of halogens is 2. The van der Waals surface area contributed by atoms with Gasteiger partial charge in [0.1, 0.15) is 11.6 Å². The van der Waals surface area contributed by atoms with Crippen molar-refractivity contribution >= 4 is 0 Å². The molecule has 0 saturated heterocycles. The van der Waals surface area contributed by atoms with Crippen molar-refractivity contribution in [2.45, 2.75) is 104 Å². The fourth-order valence-electron chi connectivity index (χ4n) is 6.87. The minimum Gasteiger partial charge on any atom is -0.435 e. The number of unbranched alkanes of at least 4 members (excludes halogenated alkanes) is 2. The molecule has 3 aromatic carbocycles. The van der Waals surface area contributed by atoms with Gasteiger partial charge >= 0.3 is 6.61 Å². The molecule has 1 fully saturated rings. The molecule has 0 amide bonds. The molecule has 0 bridgehead atoms. The Morgan fingerprint density at radius 2 is 1.47 bits per heavy atom. The first-order chi connectivity index (χ1) is 22.1. The van der Waals surface area contributed by atoms with E-state index in [0.717, 1.165) is 79.9 Å². The van der Waals surface area contributed by atoms with Crippen LogP contribution in [0.5, 0.6) is 5.75 Å². The molecule has 0 aliphatic heterocycles. The van der Waals surface area contributed by atoms with Crippen LogP contribution in [0.3, 0.4) is 0 Å². The number of hydrogen-bond donors (Lipinski definition) is 0. The second kappa shape index (κ2) is 16.7. The standard InChI is InChI=1S/C39H49F2N3O/c1-3-5-22-35(43(28-30-16-10-7-11-17-30)29-31-23-25-34(26-24-31)45-39(40)41)37-36(32-18-12-8-13-19-32)42-38(44(37)27-6-4-2)33-20-14-9-15-21-33/h8-9,12-15,18-21,23-26,30,35,39H,3-7,10-11,16-17,22,27-29H2,1-2H3/t35-/m0/s1. The van der Waals surface area contributed by atoms with Crippen LogP contribution in [0.25, 0.3) is 22.6 Å². The summed E-state index contributed by atoms with van der Waals surface area (Å²) in [6.07, 6.45) is 11.9. The number of alkyl halides is 2. The lowest BCUT2D eigenvalue weighted by Crippen LogP contribution is -2.35. The Labute approximate surface area is 268 Å². The predicted octanol–water partition coefficient (Wildman–Crippen LogP) is 10.9. The zero-order valence-electron chi connectivity index (χ0n) is 27.0. The molecular formula is C39H49F2N3O. The van der Waals surface area contributed by atoms with E-state index in [9.17, 15) is 8.78 Å². The minimum atomic E-state index is -2.82. The van der Waals surface area contributed by atoms with Crippen molar-refractivity contribution in [2.24, 2.45) is 5.92 Å². The lowest BCUT2D eigenvalue weighted by Gasteiger charge is -2.37. The van der Waals surface area contributed by atoms with Gasteiger partial charge in [-0.15, -0.1) is 0 Å². The van der Waals surface area contributed by atoms with Crippen molar-refractivity contribution < 1.29 is 13.5 Å². The Morgan fingerprint density at radius 1 is 0.822 bits per heavy atom. The van der Waals surface area contributed by atoms with Crippen molar-refractivity contribution in [1.29, 1.82) is 0 Å². The summed E-state index contributed by atoms with van der Waals surface area (Å²) in [5, 5.41) is 0. The molecule has 240 valence electrons. The highest BCUT2D eigenvalue weighted by Crippen LogP contribution is 2.40. The van der Waals surface area contributed by atoms with E-state index >= 15 is 0 Å². The average molecular weight is 614 g/mol. The molecule has 0 radical (unpaired) electrons. The third-order valence-electron chi connectivity index (χ3n) is 9.16. The van der Waals surface area contributed by atoms with Gasteiger partial charge in [0.05, 0.1) is 17.4 Å². The number of rotatable bonds is 16. The molecule has 6 heteroatoms. The van der Waals surface area contributed by atoms with Gasteiger partial charge < -0.3 is 9.30 Å². The van der Waals surface area contributed by atoms with Gasteiger partial charge in [0.15, 0.2) is 0 Å². The van der Waals surface area contributed by atoms with Gasteiger partial charge in [-0.3, -0.25) is 4.90 Å². The Balaban J connectivity index is 1.65. The van der Waals surface area contributed by atoms with Crippen molar-refractivity contribution in [3.05, 3.63) is 96.2 Å². The summed E-state index contributed by atoms with van der Waals surface area (Å²) in [5.74, 6) is 1.88. The largest absolute Gasteiger partial charge is 0.435 e. The second-order valence-electron chi connectivity index (χ2n) is 12.5. The van der Waals surface area contributed by atoms with Crippen LogP contribution in [0.1, 0.15) is 95.4 Å². The molecular weight excluding hydrogens is 564 g/mol. The molecule has 0 spiro atoms. The molecule has 5 rings (SSSR count). The SMILES string of the molecule is CCCC[C@@H](c1c(-c2ccccc2)nc(-c2ccccc2)n1CCCC)N(Cc1ccc(OC(F)F)cc1)CC1CCCCC1. The van der Waals surface area contributed by atoms with Gasteiger partial charge in [-0.2, -0.15) is 8.78 Å². The van der Waals surface area contributed by atoms with Gasteiger partial charge in [0.2, 0.25) is 0 Å². The van der Waals surface area contributed by atoms with Crippen molar-refractivity contribution in [2.75, 3.05) is 6.54 Å². The number of hydrogen-bond acceptors (Lipinski definition) is 3. The van der Waals surface area contributed by atoms with E-state index < -0.39 is 6.61 Å². The molecule has 1 aliphatic rings. The number of nitrogens with zero attached hydrogens (tertiary/aromatic N) is 3. The van der Waals surface area contributed by atoms with E-state index in [2.05, 4.69) is 88.7 Å². The smallest absolute Gasteiger partial charge is 0.387 e. The van der Waals surface area contributed by atoms with Crippen molar-refractivity contribution in [3.8, 4) is 28.4 Å². The van der Waals surface area contributed by atoms with Gasteiger partial charge in [0, 0.05) is 30.8 Å². The van der Waals surface area contributed by atoms with Gasteiger partial charge in [0.25, 0.3) is 0 Å².